The van der Waals surface area contributed by atoms with Crippen LogP contribution in [-0.4, -0.2) is 6.04 Å². The van der Waals surface area contributed by atoms with Crippen molar-refractivity contribution in [1.29, 1.82) is 0 Å². The summed E-state index contributed by atoms with van der Waals surface area (Å²) in [5.41, 5.74) is 8.34. The number of hydrogen-bond donors (Lipinski definition) is 2. The van der Waals surface area contributed by atoms with E-state index in [1.807, 2.05) is 6.07 Å². The lowest BCUT2D eigenvalue weighted by atomic mass is 9.80. The van der Waals surface area contributed by atoms with Crippen LogP contribution in [0.2, 0.25) is 0 Å². The van der Waals surface area contributed by atoms with E-state index in [4.69, 9.17) is 5.73 Å². The number of anilines is 1. The minimum Gasteiger partial charge on any atom is -0.382 e. The number of rotatable bonds is 0. The first-order chi connectivity index (χ1) is 8.25. The van der Waals surface area contributed by atoms with Crippen molar-refractivity contribution >= 4 is 5.69 Å². The molecule has 2 nitrogen and oxygen atoms in total. The predicted molar refractivity (Wildman–Crippen MR) is 67.3 cm³/mol. The van der Waals surface area contributed by atoms with Gasteiger partial charge >= 0.3 is 0 Å². The molecule has 1 aliphatic carbocycles. The van der Waals surface area contributed by atoms with Gasteiger partial charge in [0.15, 0.2) is 0 Å². The monoisotopic (exact) mass is 234 g/mol. The number of nitrogens with one attached hydrogen (secondary N) is 1. The zero-order valence-corrected chi connectivity index (χ0v) is 9.95. The Hall–Kier alpha value is -1.09. The van der Waals surface area contributed by atoms with Crippen LogP contribution in [0.25, 0.3) is 0 Å². The molecule has 0 amide bonds. The fourth-order valence-electron chi connectivity index (χ4n) is 3.32. The van der Waals surface area contributed by atoms with Crippen molar-refractivity contribution in [3.8, 4) is 0 Å². The molecule has 2 aliphatic rings. The molecule has 0 radical (unpaired) electrons. The number of halogens is 1. The normalized spacial score (nSPS) is 32.0. The molecular weight excluding hydrogens is 215 g/mol. The molecule has 1 heterocycles. The third-order valence-corrected chi connectivity index (χ3v) is 4.25. The summed E-state index contributed by atoms with van der Waals surface area (Å²) in [4.78, 5) is 0. The van der Waals surface area contributed by atoms with Crippen LogP contribution < -0.4 is 11.1 Å². The Kier molecular flexibility index (Phi) is 2.79. The molecule has 0 aromatic heterocycles. The third kappa shape index (κ3) is 1.93. The maximum Gasteiger partial charge on any atom is 0.125 e. The number of benzene rings is 1. The molecule has 3 N–H and O–H groups in total. The van der Waals surface area contributed by atoms with Gasteiger partial charge in [-0.3, -0.25) is 0 Å². The lowest BCUT2D eigenvalue weighted by molar-refractivity contribution is 0.339. The highest BCUT2D eigenvalue weighted by Gasteiger charge is 2.34. The molecule has 92 valence electrons. The molecule has 0 spiro atoms. The summed E-state index contributed by atoms with van der Waals surface area (Å²) in [5, 5.41) is 3.49. The van der Waals surface area contributed by atoms with E-state index in [2.05, 4.69) is 5.32 Å². The molecule has 3 heteroatoms. The standard InChI is InChI=1S/C14H19FN2/c15-9-6-7-11-13(8-9)17-12-5-3-1-2-4-10(12)14(11)16/h6-8,10,12,14,17H,1-5,16H2. The largest absolute Gasteiger partial charge is 0.382 e. The molecule has 0 bridgehead atoms. The number of hydrogen-bond acceptors (Lipinski definition) is 2. The summed E-state index contributed by atoms with van der Waals surface area (Å²) in [6.45, 7) is 0. The Bertz CT molecular complexity index is 419. The van der Waals surface area contributed by atoms with E-state index in [-0.39, 0.29) is 11.9 Å². The van der Waals surface area contributed by atoms with Crippen LogP contribution in [0.4, 0.5) is 10.1 Å². The van der Waals surface area contributed by atoms with Gasteiger partial charge < -0.3 is 11.1 Å². The molecule has 1 saturated carbocycles. The van der Waals surface area contributed by atoms with E-state index in [0.29, 0.717) is 12.0 Å². The van der Waals surface area contributed by atoms with Gasteiger partial charge in [0.2, 0.25) is 0 Å². The molecule has 1 fully saturated rings. The van der Waals surface area contributed by atoms with Gasteiger partial charge in [-0.05, 0) is 36.5 Å². The van der Waals surface area contributed by atoms with E-state index < -0.39 is 0 Å². The van der Waals surface area contributed by atoms with Crippen molar-refractivity contribution < 1.29 is 4.39 Å². The van der Waals surface area contributed by atoms with Crippen LogP contribution in [0.5, 0.6) is 0 Å². The average Bonchev–Trinajstić information content (AvgIpc) is 2.54. The Morgan fingerprint density at radius 1 is 1.18 bits per heavy atom. The lowest BCUT2D eigenvalue weighted by Crippen LogP contribution is -2.40. The highest BCUT2D eigenvalue weighted by molar-refractivity contribution is 5.56. The van der Waals surface area contributed by atoms with E-state index in [1.54, 1.807) is 6.07 Å². The average molecular weight is 234 g/mol. The molecule has 1 aromatic rings. The summed E-state index contributed by atoms with van der Waals surface area (Å²) in [7, 11) is 0. The first-order valence-corrected chi connectivity index (χ1v) is 6.57. The van der Waals surface area contributed by atoms with Crippen molar-refractivity contribution in [1.82, 2.24) is 0 Å². The summed E-state index contributed by atoms with van der Waals surface area (Å²) >= 11 is 0. The van der Waals surface area contributed by atoms with Gasteiger partial charge in [-0.2, -0.15) is 0 Å². The van der Waals surface area contributed by atoms with Crippen LogP contribution in [0.1, 0.15) is 43.7 Å². The molecule has 1 aliphatic heterocycles. The van der Waals surface area contributed by atoms with E-state index in [0.717, 1.165) is 17.7 Å². The van der Waals surface area contributed by atoms with Crippen LogP contribution in [0, 0.1) is 11.7 Å². The number of nitrogens with two attached hydrogens (primary N) is 1. The molecule has 3 unspecified atom stereocenters. The first kappa shape index (κ1) is 11.0. The molecule has 17 heavy (non-hydrogen) atoms. The minimum atomic E-state index is -0.185. The Morgan fingerprint density at radius 2 is 2.00 bits per heavy atom. The fourth-order valence-corrected chi connectivity index (χ4v) is 3.32. The van der Waals surface area contributed by atoms with Crippen LogP contribution in [0.15, 0.2) is 18.2 Å². The zero-order valence-electron chi connectivity index (χ0n) is 9.95. The highest BCUT2D eigenvalue weighted by atomic mass is 19.1. The maximum atomic E-state index is 13.2. The molecule has 0 saturated heterocycles. The van der Waals surface area contributed by atoms with Gasteiger partial charge in [0.25, 0.3) is 0 Å². The first-order valence-electron chi connectivity index (χ1n) is 6.57. The Morgan fingerprint density at radius 3 is 2.88 bits per heavy atom. The van der Waals surface area contributed by atoms with Crippen molar-refractivity contribution in [3.05, 3.63) is 29.6 Å². The highest BCUT2D eigenvalue weighted by Crippen LogP contribution is 2.41. The number of fused-ring (bicyclic) bond motifs is 2. The van der Waals surface area contributed by atoms with Gasteiger partial charge in [0, 0.05) is 17.8 Å². The lowest BCUT2D eigenvalue weighted by Gasteiger charge is -2.38. The van der Waals surface area contributed by atoms with E-state index >= 15 is 0 Å². The van der Waals surface area contributed by atoms with Gasteiger partial charge in [-0.1, -0.05) is 25.3 Å². The molecular formula is C14H19FN2. The maximum absolute atomic E-state index is 13.2. The van der Waals surface area contributed by atoms with E-state index in [1.165, 1.54) is 31.7 Å². The van der Waals surface area contributed by atoms with Crippen molar-refractivity contribution in [2.45, 2.75) is 44.2 Å². The van der Waals surface area contributed by atoms with Crippen LogP contribution in [0.3, 0.4) is 0 Å². The summed E-state index contributed by atoms with van der Waals surface area (Å²) in [5.74, 6) is 0.325. The van der Waals surface area contributed by atoms with Crippen molar-refractivity contribution in [2.75, 3.05) is 5.32 Å². The molecule has 1 aromatic carbocycles. The Labute approximate surface area is 101 Å². The van der Waals surface area contributed by atoms with Gasteiger partial charge in [-0.15, -0.1) is 0 Å². The van der Waals surface area contributed by atoms with Crippen LogP contribution in [-0.2, 0) is 0 Å². The Balaban J connectivity index is 1.97. The second-order valence-electron chi connectivity index (χ2n) is 5.31. The second kappa shape index (κ2) is 4.30. The summed E-state index contributed by atoms with van der Waals surface area (Å²) in [6, 6.07) is 5.42. The van der Waals surface area contributed by atoms with Crippen molar-refractivity contribution in [2.24, 2.45) is 11.7 Å². The second-order valence-corrected chi connectivity index (χ2v) is 5.31. The summed E-state index contributed by atoms with van der Waals surface area (Å²) < 4.78 is 13.2. The minimum absolute atomic E-state index is 0.0648. The van der Waals surface area contributed by atoms with Gasteiger partial charge in [-0.25, -0.2) is 4.39 Å². The van der Waals surface area contributed by atoms with Gasteiger partial charge in [0.05, 0.1) is 0 Å². The summed E-state index contributed by atoms with van der Waals surface area (Å²) in [6.07, 6.45) is 6.18. The zero-order chi connectivity index (χ0) is 11.8. The third-order valence-electron chi connectivity index (χ3n) is 4.25. The van der Waals surface area contributed by atoms with Gasteiger partial charge in [0.1, 0.15) is 5.82 Å². The smallest absolute Gasteiger partial charge is 0.125 e. The quantitative estimate of drug-likeness (QED) is 0.723. The molecule has 3 rings (SSSR count). The SMILES string of the molecule is NC1c2ccc(F)cc2NC2CCCCCC21. The van der Waals surface area contributed by atoms with E-state index in [9.17, 15) is 4.39 Å². The van der Waals surface area contributed by atoms with Crippen molar-refractivity contribution in [3.63, 3.8) is 0 Å². The predicted octanol–water partition coefficient (Wildman–Crippen LogP) is 3.20. The topological polar surface area (TPSA) is 38.0 Å². The van der Waals surface area contributed by atoms with Crippen LogP contribution >= 0.6 is 0 Å². The molecule has 3 atom stereocenters. The fraction of sp³-hybridized carbons (Fsp3) is 0.571.